The SMILES string of the molecule is CCN(CC)CC.O=CC(O)C(O)C(O)C(O)C(=O)O. The summed E-state index contributed by atoms with van der Waals surface area (Å²) in [5, 5.41) is 43.2. The average Bonchev–Trinajstić information content (AvgIpc) is 2.46. The molecule has 120 valence electrons. The lowest BCUT2D eigenvalue weighted by atomic mass is 10.0. The van der Waals surface area contributed by atoms with Crippen molar-refractivity contribution in [3.8, 4) is 0 Å². The van der Waals surface area contributed by atoms with Crippen LogP contribution >= 0.6 is 0 Å². The molecule has 0 aliphatic rings. The van der Waals surface area contributed by atoms with Crippen molar-refractivity contribution in [2.75, 3.05) is 19.6 Å². The van der Waals surface area contributed by atoms with E-state index in [-0.39, 0.29) is 6.29 Å². The molecule has 0 heterocycles. The summed E-state index contributed by atoms with van der Waals surface area (Å²) in [6.07, 6.45) is -8.39. The highest BCUT2D eigenvalue weighted by Gasteiger charge is 2.33. The van der Waals surface area contributed by atoms with E-state index >= 15 is 0 Å². The highest BCUT2D eigenvalue weighted by molar-refractivity contribution is 5.73. The van der Waals surface area contributed by atoms with Gasteiger partial charge in [0.05, 0.1) is 0 Å². The molecule has 0 fully saturated rings. The summed E-state index contributed by atoms with van der Waals surface area (Å²) >= 11 is 0. The fraction of sp³-hybridized carbons (Fsp3) is 0.833. The molecule has 0 aromatic rings. The van der Waals surface area contributed by atoms with E-state index in [0.717, 1.165) is 0 Å². The van der Waals surface area contributed by atoms with E-state index in [4.69, 9.17) is 25.5 Å². The van der Waals surface area contributed by atoms with E-state index < -0.39 is 30.4 Å². The lowest BCUT2D eigenvalue weighted by Crippen LogP contribution is -2.48. The summed E-state index contributed by atoms with van der Waals surface area (Å²) in [6, 6.07) is 0. The molecule has 4 atom stereocenters. The number of hydrogen-bond acceptors (Lipinski definition) is 7. The second-order valence-corrected chi connectivity index (χ2v) is 4.01. The van der Waals surface area contributed by atoms with Gasteiger partial charge in [-0.3, -0.25) is 0 Å². The number of rotatable bonds is 8. The highest BCUT2D eigenvalue weighted by Crippen LogP contribution is 2.03. The summed E-state index contributed by atoms with van der Waals surface area (Å²) in [4.78, 5) is 22.3. The van der Waals surface area contributed by atoms with Crippen LogP contribution in [0.4, 0.5) is 0 Å². The Morgan fingerprint density at radius 3 is 1.60 bits per heavy atom. The first-order valence-electron chi connectivity index (χ1n) is 6.39. The molecule has 0 saturated carbocycles. The third-order valence-electron chi connectivity index (χ3n) is 2.76. The van der Waals surface area contributed by atoms with E-state index in [9.17, 15) is 9.59 Å². The van der Waals surface area contributed by atoms with Gasteiger partial charge in [-0.05, 0) is 19.6 Å². The molecule has 0 aromatic heterocycles. The quantitative estimate of drug-likeness (QED) is 0.326. The lowest BCUT2D eigenvalue weighted by molar-refractivity contribution is -0.163. The molecule has 4 unspecified atom stereocenters. The van der Waals surface area contributed by atoms with Crippen LogP contribution in [0.1, 0.15) is 20.8 Å². The van der Waals surface area contributed by atoms with Crippen LogP contribution in [-0.4, -0.2) is 86.7 Å². The number of carbonyl (C=O) groups excluding carboxylic acids is 1. The molecule has 0 saturated heterocycles. The Morgan fingerprint density at radius 2 is 1.40 bits per heavy atom. The summed E-state index contributed by atoms with van der Waals surface area (Å²) in [7, 11) is 0. The Morgan fingerprint density at radius 1 is 1.00 bits per heavy atom. The molecule has 0 aromatic carbocycles. The van der Waals surface area contributed by atoms with E-state index in [1.54, 1.807) is 0 Å². The molecule has 0 bridgehead atoms. The Labute approximate surface area is 118 Å². The number of hydrogen-bond donors (Lipinski definition) is 5. The molecule has 0 aliphatic carbocycles. The number of aliphatic hydroxyl groups excluding tert-OH is 4. The van der Waals surface area contributed by atoms with Crippen LogP contribution in [-0.2, 0) is 9.59 Å². The summed E-state index contributed by atoms with van der Waals surface area (Å²) < 4.78 is 0. The second-order valence-electron chi connectivity index (χ2n) is 4.01. The zero-order valence-corrected chi connectivity index (χ0v) is 12.0. The Balaban J connectivity index is 0. The summed E-state index contributed by atoms with van der Waals surface area (Å²) in [6.45, 7) is 10.1. The van der Waals surface area contributed by atoms with Crippen molar-refractivity contribution in [2.24, 2.45) is 0 Å². The fourth-order valence-electron chi connectivity index (χ4n) is 1.29. The maximum atomic E-state index is 10.1. The number of aldehydes is 1. The molecule has 0 amide bonds. The van der Waals surface area contributed by atoms with E-state index in [1.165, 1.54) is 19.6 Å². The average molecular weight is 295 g/mol. The van der Waals surface area contributed by atoms with Crippen molar-refractivity contribution in [1.29, 1.82) is 0 Å². The largest absolute Gasteiger partial charge is 0.479 e. The third kappa shape index (κ3) is 8.18. The molecular formula is C12H25NO7. The zero-order chi connectivity index (χ0) is 16.3. The normalized spacial score (nSPS) is 16.6. The van der Waals surface area contributed by atoms with Crippen molar-refractivity contribution >= 4 is 12.3 Å². The first-order chi connectivity index (χ1) is 9.26. The van der Waals surface area contributed by atoms with Crippen LogP contribution in [0, 0.1) is 0 Å². The van der Waals surface area contributed by atoms with Gasteiger partial charge >= 0.3 is 5.97 Å². The number of carboxylic acids is 1. The fourth-order valence-corrected chi connectivity index (χ4v) is 1.29. The van der Waals surface area contributed by atoms with Gasteiger partial charge in [-0.2, -0.15) is 0 Å². The van der Waals surface area contributed by atoms with Gasteiger partial charge in [0, 0.05) is 0 Å². The zero-order valence-electron chi connectivity index (χ0n) is 12.0. The van der Waals surface area contributed by atoms with Crippen LogP contribution in [0.3, 0.4) is 0 Å². The number of aliphatic carboxylic acids is 1. The van der Waals surface area contributed by atoms with Gasteiger partial charge in [-0.25, -0.2) is 4.79 Å². The highest BCUT2D eigenvalue weighted by atomic mass is 16.4. The maximum absolute atomic E-state index is 10.1. The topological polar surface area (TPSA) is 139 Å². The number of nitrogens with zero attached hydrogens (tertiary/aromatic N) is 1. The Bertz CT molecular complexity index is 265. The van der Waals surface area contributed by atoms with E-state index in [0.29, 0.717) is 0 Å². The summed E-state index contributed by atoms with van der Waals surface area (Å²) in [5.41, 5.74) is 0. The van der Waals surface area contributed by atoms with Crippen LogP contribution in [0.25, 0.3) is 0 Å². The monoisotopic (exact) mass is 295 g/mol. The first-order valence-corrected chi connectivity index (χ1v) is 6.39. The molecular weight excluding hydrogens is 270 g/mol. The van der Waals surface area contributed by atoms with Crippen LogP contribution in [0.5, 0.6) is 0 Å². The van der Waals surface area contributed by atoms with Crippen molar-refractivity contribution in [3.63, 3.8) is 0 Å². The lowest BCUT2D eigenvalue weighted by Gasteiger charge is -2.21. The van der Waals surface area contributed by atoms with E-state index in [1.807, 2.05) is 0 Å². The molecule has 0 rings (SSSR count). The van der Waals surface area contributed by atoms with Gasteiger partial charge in [0.1, 0.15) is 18.3 Å². The standard InChI is InChI=1S/C6H15N.C6H10O7/c1-4-7(5-2)6-3;7-1-2(8)3(9)4(10)5(11)6(12)13/h4-6H2,1-3H3;1-5,8-11H,(H,12,13). The predicted octanol–water partition coefficient (Wildman–Crippen LogP) is -1.94. The van der Waals surface area contributed by atoms with Crippen molar-refractivity contribution < 1.29 is 35.1 Å². The molecule has 5 N–H and O–H groups in total. The Hall–Kier alpha value is -1.06. The van der Waals surface area contributed by atoms with Crippen LogP contribution in [0.15, 0.2) is 0 Å². The first kappa shape index (κ1) is 21.2. The van der Waals surface area contributed by atoms with Crippen molar-refractivity contribution in [2.45, 2.75) is 45.2 Å². The second kappa shape index (κ2) is 11.7. The minimum atomic E-state index is -2.25. The summed E-state index contributed by atoms with van der Waals surface area (Å²) in [5.74, 6) is -1.76. The third-order valence-corrected chi connectivity index (χ3v) is 2.76. The molecule has 0 aliphatic heterocycles. The maximum Gasteiger partial charge on any atom is 0.335 e. The number of carboxylic acid groups (broad SMARTS) is 1. The van der Waals surface area contributed by atoms with Crippen LogP contribution < -0.4 is 0 Å². The van der Waals surface area contributed by atoms with Crippen LogP contribution in [0.2, 0.25) is 0 Å². The molecule has 0 spiro atoms. The van der Waals surface area contributed by atoms with Crippen molar-refractivity contribution in [3.05, 3.63) is 0 Å². The minimum Gasteiger partial charge on any atom is -0.479 e. The van der Waals surface area contributed by atoms with Gasteiger partial charge in [0.25, 0.3) is 0 Å². The van der Waals surface area contributed by atoms with Gasteiger partial charge < -0.3 is 35.2 Å². The minimum absolute atomic E-state index is 0.0809. The molecule has 20 heavy (non-hydrogen) atoms. The molecule has 8 heteroatoms. The van der Waals surface area contributed by atoms with Gasteiger partial charge in [0.2, 0.25) is 0 Å². The van der Waals surface area contributed by atoms with Crippen molar-refractivity contribution in [1.82, 2.24) is 4.90 Å². The molecule has 8 nitrogen and oxygen atoms in total. The van der Waals surface area contributed by atoms with Gasteiger partial charge in [-0.15, -0.1) is 0 Å². The molecule has 0 radical (unpaired) electrons. The number of carbonyl (C=O) groups is 2. The van der Waals surface area contributed by atoms with Gasteiger partial charge in [-0.1, -0.05) is 20.8 Å². The Kier molecular flexibility index (Phi) is 12.5. The number of aliphatic hydroxyl groups is 4. The van der Waals surface area contributed by atoms with Gasteiger partial charge in [0.15, 0.2) is 12.4 Å². The van der Waals surface area contributed by atoms with E-state index in [2.05, 4.69) is 25.7 Å². The smallest absolute Gasteiger partial charge is 0.335 e. The predicted molar refractivity (Wildman–Crippen MR) is 71.2 cm³/mol.